The largest absolute Gasteiger partial charge is 0.465 e. The summed E-state index contributed by atoms with van der Waals surface area (Å²) in [6.07, 6.45) is 0.495. The highest BCUT2D eigenvalue weighted by Gasteiger charge is 2.57. The summed E-state index contributed by atoms with van der Waals surface area (Å²) in [6.45, 7) is 0.887. The van der Waals surface area contributed by atoms with Gasteiger partial charge in [-0.1, -0.05) is 91.0 Å². The summed E-state index contributed by atoms with van der Waals surface area (Å²) < 4.78 is 0. The number of carbonyl (C=O) groups is 1. The molecular weight excluding hydrogens is 400 g/mol. The molecular formula is C27H28N2O3. The quantitative estimate of drug-likeness (QED) is 0.599. The van der Waals surface area contributed by atoms with E-state index < -0.39 is 17.2 Å². The van der Waals surface area contributed by atoms with Crippen molar-refractivity contribution in [1.82, 2.24) is 9.80 Å². The first kappa shape index (κ1) is 20.7. The first-order valence-corrected chi connectivity index (χ1v) is 11.2. The van der Waals surface area contributed by atoms with Gasteiger partial charge in [-0.25, -0.2) is 4.79 Å². The van der Waals surface area contributed by atoms with Crippen LogP contribution in [0, 0.1) is 0 Å². The van der Waals surface area contributed by atoms with Crippen LogP contribution in [0.5, 0.6) is 0 Å². The molecule has 5 rings (SSSR count). The van der Waals surface area contributed by atoms with Crippen LogP contribution in [0.25, 0.3) is 0 Å². The van der Waals surface area contributed by atoms with Gasteiger partial charge in [-0.15, -0.1) is 0 Å². The zero-order valence-corrected chi connectivity index (χ0v) is 18.0. The molecule has 32 heavy (non-hydrogen) atoms. The molecule has 0 aliphatic carbocycles. The third-order valence-corrected chi connectivity index (χ3v) is 7.28. The summed E-state index contributed by atoms with van der Waals surface area (Å²) in [5.41, 5.74) is 2.01. The van der Waals surface area contributed by atoms with Crippen molar-refractivity contribution in [2.75, 3.05) is 19.7 Å². The highest BCUT2D eigenvalue weighted by Crippen LogP contribution is 2.48. The number of rotatable bonds is 5. The first-order chi connectivity index (χ1) is 15.6. The highest BCUT2D eigenvalue weighted by atomic mass is 16.4. The molecule has 2 heterocycles. The second-order valence-corrected chi connectivity index (χ2v) is 8.92. The van der Waals surface area contributed by atoms with E-state index in [0.717, 1.165) is 23.1 Å². The molecule has 3 aromatic rings. The Hall–Kier alpha value is -3.15. The van der Waals surface area contributed by atoms with Crippen LogP contribution in [-0.4, -0.2) is 57.4 Å². The number of benzene rings is 3. The number of fused-ring (bicyclic) bond motifs is 2. The van der Waals surface area contributed by atoms with Crippen LogP contribution in [0.3, 0.4) is 0 Å². The minimum Gasteiger partial charge on any atom is -0.465 e. The van der Waals surface area contributed by atoms with E-state index in [1.54, 1.807) is 0 Å². The number of nitrogens with zero attached hydrogens (tertiary/aromatic N) is 2. The summed E-state index contributed by atoms with van der Waals surface area (Å²) in [6, 6.07) is 31.1. The van der Waals surface area contributed by atoms with Crippen LogP contribution in [0.4, 0.5) is 4.79 Å². The van der Waals surface area contributed by atoms with Crippen molar-refractivity contribution < 1.29 is 15.0 Å². The third-order valence-electron chi connectivity index (χ3n) is 7.28. The van der Waals surface area contributed by atoms with Gasteiger partial charge in [-0.2, -0.15) is 0 Å². The average molecular weight is 429 g/mol. The molecule has 5 heteroatoms. The summed E-state index contributed by atoms with van der Waals surface area (Å²) in [7, 11) is 0. The van der Waals surface area contributed by atoms with Gasteiger partial charge in [0.15, 0.2) is 0 Å². The normalized spacial score (nSPS) is 23.3. The lowest BCUT2D eigenvalue weighted by molar-refractivity contribution is -0.0426. The zero-order valence-electron chi connectivity index (χ0n) is 18.0. The van der Waals surface area contributed by atoms with Crippen LogP contribution >= 0.6 is 0 Å². The van der Waals surface area contributed by atoms with Gasteiger partial charge in [0, 0.05) is 19.1 Å². The topological polar surface area (TPSA) is 64.0 Å². The van der Waals surface area contributed by atoms with E-state index in [2.05, 4.69) is 77.7 Å². The van der Waals surface area contributed by atoms with E-state index in [0.29, 0.717) is 19.5 Å². The minimum atomic E-state index is -0.939. The zero-order chi connectivity index (χ0) is 22.2. The molecule has 2 atom stereocenters. The van der Waals surface area contributed by atoms with Gasteiger partial charge < -0.3 is 10.2 Å². The third kappa shape index (κ3) is 3.04. The number of carboxylic acid groups (broad SMARTS) is 1. The van der Waals surface area contributed by atoms with Gasteiger partial charge in [0.2, 0.25) is 0 Å². The van der Waals surface area contributed by atoms with Gasteiger partial charge in [-0.05, 0) is 29.5 Å². The fourth-order valence-corrected chi connectivity index (χ4v) is 5.98. The van der Waals surface area contributed by atoms with Gasteiger partial charge in [0.25, 0.3) is 0 Å². The number of hydrogen-bond donors (Lipinski definition) is 2. The highest BCUT2D eigenvalue weighted by molar-refractivity contribution is 5.68. The van der Waals surface area contributed by atoms with Gasteiger partial charge in [0.05, 0.1) is 17.7 Å². The SMILES string of the molecule is O=C(O)N1C2CCC1(CO)CN(C(c1ccccc1)(c1ccccc1)c1ccccc1)C2. The Bertz CT molecular complexity index is 977. The molecule has 2 bridgehead atoms. The summed E-state index contributed by atoms with van der Waals surface area (Å²) >= 11 is 0. The number of likely N-dealkylation sites (tertiary alicyclic amines) is 1. The molecule has 2 aliphatic rings. The predicted octanol–water partition coefficient (Wildman–Crippen LogP) is 4.17. The minimum absolute atomic E-state index is 0.149. The van der Waals surface area contributed by atoms with E-state index in [9.17, 15) is 15.0 Å². The van der Waals surface area contributed by atoms with Crippen molar-refractivity contribution in [2.45, 2.75) is 30.0 Å². The number of aliphatic hydroxyl groups is 1. The van der Waals surface area contributed by atoms with Crippen LogP contribution in [0.1, 0.15) is 29.5 Å². The van der Waals surface area contributed by atoms with Crippen LogP contribution in [0.15, 0.2) is 91.0 Å². The molecule has 2 saturated heterocycles. The number of hydrogen-bond acceptors (Lipinski definition) is 3. The van der Waals surface area contributed by atoms with Crippen molar-refractivity contribution in [3.8, 4) is 0 Å². The Labute approximate surface area is 188 Å². The lowest BCUT2D eigenvalue weighted by atomic mass is 9.74. The Balaban J connectivity index is 1.76. The lowest BCUT2D eigenvalue weighted by Crippen LogP contribution is -2.68. The van der Waals surface area contributed by atoms with Crippen molar-refractivity contribution in [1.29, 1.82) is 0 Å². The molecule has 2 N–H and O–H groups in total. The van der Waals surface area contributed by atoms with Crippen LogP contribution in [0.2, 0.25) is 0 Å². The van der Waals surface area contributed by atoms with Gasteiger partial charge >= 0.3 is 6.09 Å². The molecule has 2 aliphatic heterocycles. The average Bonchev–Trinajstić information content (AvgIpc) is 3.09. The molecule has 0 radical (unpaired) electrons. The van der Waals surface area contributed by atoms with E-state index in [1.807, 2.05) is 18.2 Å². The van der Waals surface area contributed by atoms with Crippen molar-refractivity contribution >= 4 is 6.09 Å². The molecule has 5 nitrogen and oxygen atoms in total. The van der Waals surface area contributed by atoms with Gasteiger partial charge in [-0.3, -0.25) is 9.80 Å². The van der Waals surface area contributed by atoms with Crippen molar-refractivity contribution in [2.24, 2.45) is 0 Å². The number of aliphatic hydroxyl groups excluding tert-OH is 1. The van der Waals surface area contributed by atoms with Gasteiger partial charge in [0.1, 0.15) is 0 Å². The second-order valence-electron chi connectivity index (χ2n) is 8.92. The summed E-state index contributed by atoms with van der Waals surface area (Å²) in [5.74, 6) is 0. The number of amides is 1. The second kappa shape index (κ2) is 8.08. The Morgan fingerprint density at radius 2 is 1.34 bits per heavy atom. The summed E-state index contributed by atoms with van der Waals surface area (Å²) in [5, 5.41) is 20.4. The van der Waals surface area contributed by atoms with Crippen molar-refractivity contribution in [3.05, 3.63) is 108 Å². The molecule has 164 valence electrons. The molecule has 2 fully saturated rings. The molecule has 0 saturated carbocycles. The predicted molar refractivity (Wildman–Crippen MR) is 123 cm³/mol. The first-order valence-electron chi connectivity index (χ1n) is 11.2. The van der Waals surface area contributed by atoms with E-state index in [4.69, 9.17) is 0 Å². The Morgan fingerprint density at radius 3 is 1.75 bits per heavy atom. The molecule has 1 amide bonds. The van der Waals surface area contributed by atoms with E-state index in [-0.39, 0.29) is 12.6 Å². The Morgan fingerprint density at radius 1 is 0.875 bits per heavy atom. The van der Waals surface area contributed by atoms with E-state index in [1.165, 1.54) is 4.90 Å². The fourth-order valence-electron chi connectivity index (χ4n) is 5.98. The maximum Gasteiger partial charge on any atom is 0.408 e. The number of piperazine rings is 1. The maximum absolute atomic E-state index is 12.1. The smallest absolute Gasteiger partial charge is 0.408 e. The Kier molecular flexibility index (Phi) is 5.24. The van der Waals surface area contributed by atoms with Crippen LogP contribution in [-0.2, 0) is 5.54 Å². The van der Waals surface area contributed by atoms with Crippen molar-refractivity contribution in [3.63, 3.8) is 0 Å². The molecule has 2 unspecified atom stereocenters. The van der Waals surface area contributed by atoms with Crippen LogP contribution < -0.4 is 0 Å². The molecule has 3 aromatic carbocycles. The summed E-state index contributed by atoms with van der Waals surface area (Å²) in [4.78, 5) is 16.1. The molecule has 0 spiro atoms. The lowest BCUT2D eigenvalue weighted by Gasteiger charge is -2.54. The maximum atomic E-state index is 12.1. The fraction of sp³-hybridized carbons (Fsp3) is 0.296. The molecule has 0 aromatic heterocycles. The van der Waals surface area contributed by atoms with E-state index >= 15 is 0 Å². The standard InChI is InChI=1S/C27H28N2O3/c30-20-26-17-16-24(29(26)25(31)32)18-28(19-26)27(21-10-4-1-5-11-21,22-12-6-2-7-13-22)23-14-8-3-9-15-23/h1-15,24,30H,16-20H2,(H,31,32). The monoisotopic (exact) mass is 428 g/mol.